The molecule has 0 spiro atoms. The summed E-state index contributed by atoms with van der Waals surface area (Å²) in [4.78, 5) is 35.8. The quantitative estimate of drug-likeness (QED) is 0.842. The molecule has 1 aromatic rings. The van der Waals surface area contributed by atoms with Gasteiger partial charge in [-0.25, -0.2) is 4.79 Å². The van der Waals surface area contributed by atoms with E-state index in [1.807, 2.05) is 31.2 Å². The predicted molar refractivity (Wildman–Crippen MR) is 71.9 cm³/mol. The van der Waals surface area contributed by atoms with Crippen molar-refractivity contribution in [1.82, 2.24) is 4.90 Å². The first-order chi connectivity index (χ1) is 9.40. The van der Waals surface area contributed by atoms with Crippen molar-refractivity contribution >= 4 is 17.8 Å². The van der Waals surface area contributed by atoms with Crippen LogP contribution in [0, 0.1) is 12.8 Å². The minimum absolute atomic E-state index is 0.0876. The molecular formula is C15H17NO4. The minimum atomic E-state index is -1.16. The van der Waals surface area contributed by atoms with E-state index in [-0.39, 0.29) is 12.3 Å². The van der Waals surface area contributed by atoms with E-state index < -0.39 is 23.8 Å². The Balaban J connectivity index is 2.12. The molecule has 2 rings (SSSR count). The number of aliphatic carboxylic acids is 1. The molecule has 1 aromatic carbocycles. The van der Waals surface area contributed by atoms with Crippen molar-refractivity contribution in [2.24, 2.45) is 5.92 Å². The second-order valence-corrected chi connectivity index (χ2v) is 5.21. The molecule has 2 amide bonds. The van der Waals surface area contributed by atoms with Crippen LogP contribution in [-0.2, 0) is 20.8 Å². The summed E-state index contributed by atoms with van der Waals surface area (Å²) in [6, 6.07) is 6.66. The Morgan fingerprint density at radius 1 is 1.35 bits per heavy atom. The third kappa shape index (κ3) is 2.71. The molecule has 1 aliphatic heterocycles. The minimum Gasteiger partial charge on any atom is -0.480 e. The number of aryl methyl sites for hydroxylation is 1. The summed E-state index contributed by atoms with van der Waals surface area (Å²) in [6.07, 6.45) is 0.554. The zero-order chi connectivity index (χ0) is 14.9. The topological polar surface area (TPSA) is 74.7 Å². The summed E-state index contributed by atoms with van der Waals surface area (Å²) >= 11 is 0. The van der Waals surface area contributed by atoms with Gasteiger partial charge in [-0.15, -0.1) is 0 Å². The molecule has 0 bridgehead atoms. The summed E-state index contributed by atoms with van der Waals surface area (Å²) in [7, 11) is 0. The van der Waals surface area contributed by atoms with Crippen molar-refractivity contribution in [3.63, 3.8) is 0 Å². The predicted octanol–water partition coefficient (Wildman–Crippen LogP) is 1.39. The molecule has 0 saturated carbocycles. The molecule has 1 heterocycles. The monoisotopic (exact) mass is 275 g/mol. The highest BCUT2D eigenvalue weighted by Crippen LogP contribution is 2.25. The number of hydrogen-bond donors (Lipinski definition) is 1. The third-order valence-corrected chi connectivity index (χ3v) is 3.62. The van der Waals surface area contributed by atoms with Crippen LogP contribution in [0.25, 0.3) is 0 Å². The molecule has 1 saturated heterocycles. The first-order valence-corrected chi connectivity index (χ1v) is 6.54. The summed E-state index contributed by atoms with van der Waals surface area (Å²) in [5.41, 5.74) is 2.11. The number of hydrogen-bond acceptors (Lipinski definition) is 3. The van der Waals surface area contributed by atoms with Gasteiger partial charge in [0.2, 0.25) is 11.8 Å². The number of likely N-dealkylation sites (tertiary alicyclic amines) is 1. The van der Waals surface area contributed by atoms with Crippen molar-refractivity contribution in [2.75, 3.05) is 0 Å². The molecule has 1 fully saturated rings. The van der Waals surface area contributed by atoms with E-state index in [0.717, 1.165) is 16.0 Å². The summed E-state index contributed by atoms with van der Waals surface area (Å²) < 4.78 is 0. The smallest absolute Gasteiger partial charge is 0.326 e. The third-order valence-electron chi connectivity index (χ3n) is 3.62. The number of carbonyl (C=O) groups is 3. The summed E-state index contributed by atoms with van der Waals surface area (Å²) in [6.45, 7) is 3.33. The van der Waals surface area contributed by atoms with Crippen molar-refractivity contribution < 1.29 is 19.5 Å². The Morgan fingerprint density at radius 2 is 1.95 bits per heavy atom. The van der Waals surface area contributed by atoms with Gasteiger partial charge < -0.3 is 5.11 Å². The number of imide groups is 1. The van der Waals surface area contributed by atoms with Crippen molar-refractivity contribution in [3.8, 4) is 0 Å². The van der Waals surface area contributed by atoms with E-state index in [4.69, 9.17) is 5.11 Å². The number of amides is 2. The molecule has 20 heavy (non-hydrogen) atoms. The van der Waals surface area contributed by atoms with Crippen LogP contribution < -0.4 is 0 Å². The lowest BCUT2D eigenvalue weighted by atomic mass is 9.97. The average Bonchev–Trinajstić information content (AvgIpc) is 2.66. The fourth-order valence-corrected chi connectivity index (χ4v) is 2.40. The van der Waals surface area contributed by atoms with E-state index in [1.54, 1.807) is 0 Å². The lowest BCUT2D eigenvalue weighted by molar-refractivity contribution is -0.153. The highest BCUT2D eigenvalue weighted by Gasteiger charge is 2.42. The fraction of sp³-hybridized carbons (Fsp3) is 0.400. The van der Waals surface area contributed by atoms with Crippen LogP contribution in [0.4, 0.5) is 0 Å². The SMILES string of the molecule is Cc1ccc(CC2CC(=O)N(C(C)C(=O)O)C2=O)cc1. The lowest BCUT2D eigenvalue weighted by Gasteiger charge is -2.19. The Kier molecular flexibility index (Phi) is 3.88. The van der Waals surface area contributed by atoms with Gasteiger partial charge in [-0.1, -0.05) is 29.8 Å². The van der Waals surface area contributed by atoms with Crippen molar-refractivity contribution in [3.05, 3.63) is 35.4 Å². The Morgan fingerprint density at radius 3 is 2.50 bits per heavy atom. The van der Waals surface area contributed by atoms with Gasteiger partial charge in [0, 0.05) is 6.42 Å². The molecule has 1 N–H and O–H groups in total. The number of rotatable bonds is 4. The molecule has 2 unspecified atom stereocenters. The van der Waals surface area contributed by atoms with Crippen LogP contribution in [-0.4, -0.2) is 33.8 Å². The van der Waals surface area contributed by atoms with Gasteiger partial charge in [0.15, 0.2) is 0 Å². The van der Waals surface area contributed by atoms with Gasteiger partial charge in [0.05, 0.1) is 5.92 Å². The van der Waals surface area contributed by atoms with Crippen LogP contribution in [0.5, 0.6) is 0 Å². The molecule has 106 valence electrons. The number of carboxylic acid groups (broad SMARTS) is 1. The van der Waals surface area contributed by atoms with Crippen LogP contribution in [0.15, 0.2) is 24.3 Å². The van der Waals surface area contributed by atoms with E-state index in [2.05, 4.69) is 0 Å². The Labute approximate surface area is 117 Å². The van der Waals surface area contributed by atoms with Gasteiger partial charge in [-0.3, -0.25) is 14.5 Å². The zero-order valence-corrected chi connectivity index (χ0v) is 11.5. The first-order valence-electron chi connectivity index (χ1n) is 6.54. The van der Waals surface area contributed by atoms with E-state index >= 15 is 0 Å². The van der Waals surface area contributed by atoms with Crippen LogP contribution in [0.1, 0.15) is 24.5 Å². The number of benzene rings is 1. The Bertz CT molecular complexity index is 549. The highest BCUT2D eigenvalue weighted by atomic mass is 16.4. The second-order valence-electron chi connectivity index (χ2n) is 5.21. The zero-order valence-electron chi connectivity index (χ0n) is 11.5. The molecule has 0 radical (unpaired) electrons. The first kappa shape index (κ1) is 14.2. The molecule has 0 aromatic heterocycles. The van der Waals surface area contributed by atoms with Gasteiger partial charge in [0.1, 0.15) is 6.04 Å². The van der Waals surface area contributed by atoms with Crippen LogP contribution >= 0.6 is 0 Å². The van der Waals surface area contributed by atoms with Crippen molar-refractivity contribution in [1.29, 1.82) is 0 Å². The average molecular weight is 275 g/mol. The number of carboxylic acids is 1. The Hall–Kier alpha value is -2.17. The normalized spacial score (nSPS) is 20.3. The maximum Gasteiger partial charge on any atom is 0.326 e. The van der Waals surface area contributed by atoms with Crippen LogP contribution in [0.2, 0.25) is 0 Å². The molecule has 0 aliphatic carbocycles. The maximum absolute atomic E-state index is 12.2. The molecule has 5 heteroatoms. The van der Waals surface area contributed by atoms with E-state index in [0.29, 0.717) is 6.42 Å². The van der Waals surface area contributed by atoms with Gasteiger partial charge >= 0.3 is 5.97 Å². The highest BCUT2D eigenvalue weighted by molar-refractivity contribution is 6.06. The van der Waals surface area contributed by atoms with Gasteiger partial charge in [0.25, 0.3) is 0 Å². The van der Waals surface area contributed by atoms with E-state index in [1.165, 1.54) is 6.92 Å². The van der Waals surface area contributed by atoms with Gasteiger partial charge in [-0.05, 0) is 25.8 Å². The molecule has 1 aliphatic rings. The number of carbonyl (C=O) groups excluding carboxylic acids is 2. The van der Waals surface area contributed by atoms with Gasteiger partial charge in [-0.2, -0.15) is 0 Å². The molecular weight excluding hydrogens is 258 g/mol. The lowest BCUT2D eigenvalue weighted by Crippen LogP contribution is -2.43. The molecule has 5 nitrogen and oxygen atoms in total. The summed E-state index contributed by atoms with van der Waals surface area (Å²) in [5.74, 6) is -2.40. The standard InChI is InChI=1S/C15H17NO4/c1-9-3-5-11(6-4-9)7-12-8-13(17)16(14(12)18)10(2)15(19)20/h3-6,10,12H,7-8H2,1-2H3,(H,19,20). The maximum atomic E-state index is 12.2. The number of nitrogens with zero attached hydrogens (tertiary/aromatic N) is 1. The van der Waals surface area contributed by atoms with E-state index in [9.17, 15) is 14.4 Å². The van der Waals surface area contributed by atoms with Crippen LogP contribution in [0.3, 0.4) is 0 Å². The largest absolute Gasteiger partial charge is 0.480 e. The second kappa shape index (κ2) is 5.45. The molecule has 2 atom stereocenters. The fourth-order valence-electron chi connectivity index (χ4n) is 2.40. The van der Waals surface area contributed by atoms with Crippen molar-refractivity contribution in [2.45, 2.75) is 32.7 Å². The summed E-state index contributed by atoms with van der Waals surface area (Å²) in [5, 5.41) is 8.94.